The van der Waals surface area contributed by atoms with Crippen molar-refractivity contribution in [1.82, 2.24) is 0 Å². The Morgan fingerprint density at radius 2 is 2.05 bits per heavy atom. The third kappa shape index (κ3) is 3.41. The first kappa shape index (κ1) is 13.7. The van der Waals surface area contributed by atoms with E-state index in [1.54, 1.807) is 0 Å². The quantitative estimate of drug-likeness (QED) is 0.870. The minimum Gasteiger partial charge on any atom is -0.326 e. The van der Waals surface area contributed by atoms with Crippen LogP contribution in [0.1, 0.15) is 31.7 Å². The van der Waals surface area contributed by atoms with E-state index in [1.165, 1.54) is 0 Å². The van der Waals surface area contributed by atoms with Gasteiger partial charge in [0.2, 0.25) is 5.91 Å². The number of rotatable bonds is 4. The summed E-state index contributed by atoms with van der Waals surface area (Å²) < 4.78 is 0. The molecule has 2 rings (SSSR count). The molecule has 3 N–H and O–H groups in total. The molecule has 1 amide bonds. The molecule has 102 valence electrons. The number of Topliss-reactive ketones (excluding diaryl/α,β-unsaturated/α-hetero) is 1. The molecule has 0 bridgehead atoms. The zero-order valence-corrected chi connectivity index (χ0v) is 11.2. The Morgan fingerprint density at radius 1 is 1.37 bits per heavy atom. The Hall–Kier alpha value is -1.68. The Balaban J connectivity index is 1.88. The van der Waals surface area contributed by atoms with Crippen molar-refractivity contribution in [1.29, 1.82) is 0 Å². The maximum atomic E-state index is 11.9. The summed E-state index contributed by atoms with van der Waals surface area (Å²) in [6.45, 7) is 2.42. The van der Waals surface area contributed by atoms with Gasteiger partial charge >= 0.3 is 0 Å². The molecule has 1 aromatic carbocycles. The van der Waals surface area contributed by atoms with Crippen LogP contribution in [0.15, 0.2) is 24.3 Å². The second-order valence-electron chi connectivity index (χ2n) is 5.21. The molecule has 0 aromatic heterocycles. The normalized spacial score (nSPS) is 22.5. The standard InChI is InChI=1S/C15H20N2O2/c1-10-12(4-7-14(10)18)8-15(19)17-13-5-2-11(9-16)3-6-13/h2-3,5-6,10,12H,4,7-9,16H2,1H3,(H,17,19). The summed E-state index contributed by atoms with van der Waals surface area (Å²) in [5.41, 5.74) is 7.33. The molecule has 0 aliphatic heterocycles. The van der Waals surface area contributed by atoms with Crippen LogP contribution in [-0.4, -0.2) is 11.7 Å². The van der Waals surface area contributed by atoms with Crippen LogP contribution in [0, 0.1) is 11.8 Å². The smallest absolute Gasteiger partial charge is 0.224 e. The zero-order chi connectivity index (χ0) is 13.8. The molecule has 2 atom stereocenters. The molecule has 0 heterocycles. The fourth-order valence-electron chi connectivity index (χ4n) is 2.52. The van der Waals surface area contributed by atoms with E-state index < -0.39 is 0 Å². The number of carbonyl (C=O) groups excluding carboxylic acids is 2. The highest BCUT2D eigenvalue weighted by Crippen LogP contribution is 2.31. The topological polar surface area (TPSA) is 72.2 Å². The number of hydrogen-bond donors (Lipinski definition) is 2. The second-order valence-corrected chi connectivity index (χ2v) is 5.21. The summed E-state index contributed by atoms with van der Waals surface area (Å²) in [6, 6.07) is 7.50. The lowest BCUT2D eigenvalue weighted by atomic mass is 9.94. The molecule has 1 aromatic rings. The number of hydrogen-bond acceptors (Lipinski definition) is 3. The summed E-state index contributed by atoms with van der Waals surface area (Å²) in [5.74, 6) is 0.471. The predicted octanol–water partition coefficient (Wildman–Crippen LogP) is 2.09. The SMILES string of the molecule is CC1C(=O)CCC1CC(=O)Nc1ccc(CN)cc1. The fraction of sp³-hybridized carbons (Fsp3) is 0.467. The molecule has 1 aliphatic rings. The Labute approximate surface area is 113 Å². The van der Waals surface area contributed by atoms with Gasteiger partial charge in [0.05, 0.1) is 0 Å². The fourth-order valence-corrected chi connectivity index (χ4v) is 2.52. The van der Waals surface area contributed by atoms with Crippen LogP contribution in [0.25, 0.3) is 0 Å². The highest BCUT2D eigenvalue weighted by molar-refractivity contribution is 5.92. The second kappa shape index (κ2) is 5.97. The number of carbonyl (C=O) groups is 2. The number of ketones is 1. The third-order valence-electron chi connectivity index (χ3n) is 3.90. The minimum absolute atomic E-state index is 0.0189. The van der Waals surface area contributed by atoms with E-state index in [1.807, 2.05) is 31.2 Å². The molecule has 0 spiro atoms. The van der Waals surface area contributed by atoms with E-state index >= 15 is 0 Å². The van der Waals surface area contributed by atoms with Gasteiger partial charge in [0.15, 0.2) is 0 Å². The Kier molecular flexibility index (Phi) is 4.32. The van der Waals surface area contributed by atoms with Crippen molar-refractivity contribution >= 4 is 17.4 Å². The first-order chi connectivity index (χ1) is 9.10. The maximum Gasteiger partial charge on any atom is 0.224 e. The molecule has 19 heavy (non-hydrogen) atoms. The predicted molar refractivity (Wildman–Crippen MR) is 74.5 cm³/mol. The number of anilines is 1. The largest absolute Gasteiger partial charge is 0.326 e. The highest BCUT2D eigenvalue weighted by Gasteiger charge is 2.32. The van der Waals surface area contributed by atoms with Gasteiger partial charge in [-0.25, -0.2) is 0 Å². The summed E-state index contributed by atoms with van der Waals surface area (Å²) >= 11 is 0. The van der Waals surface area contributed by atoms with Gasteiger partial charge in [0, 0.05) is 31.0 Å². The maximum absolute atomic E-state index is 11.9. The van der Waals surface area contributed by atoms with Crippen molar-refractivity contribution < 1.29 is 9.59 Å². The van der Waals surface area contributed by atoms with Gasteiger partial charge in [-0.2, -0.15) is 0 Å². The van der Waals surface area contributed by atoms with Crippen LogP contribution in [0.3, 0.4) is 0 Å². The van der Waals surface area contributed by atoms with Crippen molar-refractivity contribution in [2.75, 3.05) is 5.32 Å². The van der Waals surface area contributed by atoms with E-state index in [4.69, 9.17) is 5.73 Å². The summed E-state index contributed by atoms with van der Waals surface area (Å²) in [4.78, 5) is 23.4. The van der Waals surface area contributed by atoms with Crippen LogP contribution in [-0.2, 0) is 16.1 Å². The van der Waals surface area contributed by atoms with Gasteiger partial charge in [0.1, 0.15) is 5.78 Å². The monoisotopic (exact) mass is 260 g/mol. The molecular weight excluding hydrogens is 240 g/mol. The number of nitrogens with two attached hydrogens (primary N) is 1. The molecule has 0 saturated heterocycles. The first-order valence-corrected chi connectivity index (χ1v) is 6.71. The number of nitrogens with one attached hydrogen (secondary N) is 1. The molecular formula is C15H20N2O2. The van der Waals surface area contributed by atoms with Crippen LogP contribution < -0.4 is 11.1 Å². The first-order valence-electron chi connectivity index (χ1n) is 6.71. The third-order valence-corrected chi connectivity index (χ3v) is 3.90. The number of amides is 1. The van der Waals surface area contributed by atoms with Crippen molar-refractivity contribution in [2.45, 2.75) is 32.7 Å². The van der Waals surface area contributed by atoms with Crippen LogP contribution in [0.2, 0.25) is 0 Å². The summed E-state index contributed by atoms with van der Waals surface area (Å²) in [6.07, 6.45) is 1.87. The van der Waals surface area contributed by atoms with Gasteiger partial charge < -0.3 is 11.1 Å². The van der Waals surface area contributed by atoms with Crippen LogP contribution in [0.4, 0.5) is 5.69 Å². The van der Waals surface area contributed by atoms with E-state index in [0.29, 0.717) is 19.4 Å². The Morgan fingerprint density at radius 3 is 2.58 bits per heavy atom. The molecule has 2 unspecified atom stereocenters. The lowest BCUT2D eigenvalue weighted by molar-refractivity contribution is -0.121. The van der Waals surface area contributed by atoms with E-state index in [9.17, 15) is 9.59 Å². The van der Waals surface area contributed by atoms with Gasteiger partial charge in [0.25, 0.3) is 0 Å². The molecule has 1 fully saturated rings. The lowest BCUT2D eigenvalue weighted by Crippen LogP contribution is -2.19. The number of benzene rings is 1. The molecule has 4 nitrogen and oxygen atoms in total. The highest BCUT2D eigenvalue weighted by atomic mass is 16.1. The molecule has 1 saturated carbocycles. The summed E-state index contributed by atoms with van der Waals surface area (Å²) in [5, 5.41) is 2.86. The van der Waals surface area contributed by atoms with Gasteiger partial charge in [-0.1, -0.05) is 19.1 Å². The van der Waals surface area contributed by atoms with E-state index in [0.717, 1.165) is 17.7 Å². The van der Waals surface area contributed by atoms with Gasteiger partial charge in [-0.3, -0.25) is 9.59 Å². The van der Waals surface area contributed by atoms with E-state index in [2.05, 4.69) is 5.32 Å². The van der Waals surface area contributed by atoms with Crippen molar-refractivity contribution in [3.05, 3.63) is 29.8 Å². The summed E-state index contributed by atoms with van der Waals surface area (Å²) in [7, 11) is 0. The average Bonchev–Trinajstić information content (AvgIpc) is 2.71. The van der Waals surface area contributed by atoms with Crippen molar-refractivity contribution in [3.8, 4) is 0 Å². The van der Waals surface area contributed by atoms with Crippen LogP contribution in [0.5, 0.6) is 0 Å². The van der Waals surface area contributed by atoms with E-state index in [-0.39, 0.29) is 23.5 Å². The molecule has 1 aliphatic carbocycles. The molecule has 0 radical (unpaired) electrons. The Bertz CT molecular complexity index is 468. The minimum atomic E-state index is -0.0213. The van der Waals surface area contributed by atoms with Gasteiger partial charge in [-0.05, 0) is 30.0 Å². The zero-order valence-electron chi connectivity index (χ0n) is 11.2. The average molecular weight is 260 g/mol. The van der Waals surface area contributed by atoms with Crippen LogP contribution >= 0.6 is 0 Å². The van der Waals surface area contributed by atoms with Gasteiger partial charge in [-0.15, -0.1) is 0 Å². The van der Waals surface area contributed by atoms with Crippen molar-refractivity contribution in [3.63, 3.8) is 0 Å². The molecule has 4 heteroatoms. The van der Waals surface area contributed by atoms with Crippen molar-refractivity contribution in [2.24, 2.45) is 17.6 Å². The lowest BCUT2D eigenvalue weighted by Gasteiger charge is -2.13.